The van der Waals surface area contributed by atoms with Crippen LogP contribution in [0.3, 0.4) is 0 Å². The van der Waals surface area contributed by atoms with Crippen LogP contribution in [-0.2, 0) is 21.4 Å². The Kier molecular flexibility index (Phi) is 8.50. The molecule has 0 bridgehead atoms. The van der Waals surface area contributed by atoms with Gasteiger partial charge in [0, 0.05) is 44.0 Å². The molecule has 1 saturated carbocycles. The van der Waals surface area contributed by atoms with Crippen molar-refractivity contribution in [3.63, 3.8) is 0 Å². The van der Waals surface area contributed by atoms with Crippen molar-refractivity contribution in [2.24, 2.45) is 5.92 Å². The maximum Gasteiger partial charge on any atom is 0.433 e. The maximum atomic E-state index is 13.0. The number of halogens is 3. The monoisotopic (exact) mass is 562 g/mol. The zero-order valence-electron chi connectivity index (χ0n) is 21.4. The number of alkyl halides is 3. The lowest BCUT2D eigenvalue weighted by Crippen LogP contribution is -2.40. The molecule has 1 aromatic carbocycles. The number of rotatable bonds is 8. The summed E-state index contributed by atoms with van der Waals surface area (Å²) in [6.07, 6.45) is -0.0747. The van der Waals surface area contributed by atoms with Crippen LogP contribution < -0.4 is 16.0 Å². The summed E-state index contributed by atoms with van der Waals surface area (Å²) in [4.78, 5) is 36.1. The molecule has 4 rings (SSSR count). The Morgan fingerprint density at radius 3 is 2.54 bits per heavy atom. The lowest BCUT2D eigenvalue weighted by Gasteiger charge is -2.33. The molecule has 0 aliphatic heterocycles. The van der Waals surface area contributed by atoms with E-state index in [2.05, 4.69) is 30.9 Å². The molecule has 1 fully saturated rings. The number of carbonyl (C=O) groups is 2. The Hall–Kier alpha value is -3.58. The molecule has 3 aromatic rings. The van der Waals surface area contributed by atoms with Gasteiger partial charge in [-0.05, 0) is 61.9 Å². The SMILES string of the molecule is CC(=O)NCCNC(=O)[C@H]1CC[C@](O)(c2ncc(-c3cc(C)cc(Nc4nccc(C(F)(F)F)n4)c3)s2)CC1. The summed E-state index contributed by atoms with van der Waals surface area (Å²) in [6.45, 7) is 3.99. The second-order valence-corrected chi connectivity index (χ2v) is 10.6. The molecule has 1 aliphatic carbocycles. The van der Waals surface area contributed by atoms with Gasteiger partial charge in [-0.15, -0.1) is 11.3 Å². The minimum absolute atomic E-state index is 0.0910. The predicted molar refractivity (Wildman–Crippen MR) is 140 cm³/mol. The van der Waals surface area contributed by atoms with Crippen molar-refractivity contribution >= 4 is 34.8 Å². The highest BCUT2D eigenvalue weighted by atomic mass is 32.1. The Morgan fingerprint density at radius 2 is 1.85 bits per heavy atom. The van der Waals surface area contributed by atoms with Crippen LogP contribution in [0, 0.1) is 12.8 Å². The molecule has 1 aliphatic rings. The van der Waals surface area contributed by atoms with Crippen LogP contribution in [0.25, 0.3) is 10.4 Å². The van der Waals surface area contributed by atoms with Gasteiger partial charge in [0.2, 0.25) is 17.8 Å². The molecule has 39 heavy (non-hydrogen) atoms. The number of hydrogen-bond acceptors (Lipinski definition) is 8. The molecular formula is C26H29F3N6O3S. The van der Waals surface area contributed by atoms with Gasteiger partial charge >= 0.3 is 6.18 Å². The van der Waals surface area contributed by atoms with Gasteiger partial charge in [-0.1, -0.05) is 6.07 Å². The molecule has 208 valence electrons. The predicted octanol–water partition coefficient (Wildman–Crippen LogP) is 4.30. The van der Waals surface area contributed by atoms with Crippen LogP contribution in [0.15, 0.2) is 36.7 Å². The third-order valence-electron chi connectivity index (χ3n) is 6.45. The molecule has 2 aromatic heterocycles. The average molecular weight is 563 g/mol. The van der Waals surface area contributed by atoms with E-state index in [1.807, 2.05) is 13.0 Å². The molecule has 13 heteroatoms. The molecule has 2 heterocycles. The number of aliphatic hydroxyl groups is 1. The minimum Gasteiger partial charge on any atom is -0.383 e. The summed E-state index contributed by atoms with van der Waals surface area (Å²) < 4.78 is 39.0. The van der Waals surface area contributed by atoms with Gasteiger partial charge < -0.3 is 21.1 Å². The summed E-state index contributed by atoms with van der Waals surface area (Å²) in [5.74, 6) is -0.633. The molecule has 0 atom stereocenters. The molecule has 4 N–H and O–H groups in total. The van der Waals surface area contributed by atoms with E-state index in [9.17, 15) is 27.9 Å². The van der Waals surface area contributed by atoms with Gasteiger partial charge in [0.1, 0.15) is 16.3 Å². The van der Waals surface area contributed by atoms with Crippen molar-refractivity contribution in [2.45, 2.75) is 51.3 Å². The highest BCUT2D eigenvalue weighted by Gasteiger charge is 2.39. The first-order valence-electron chi connectivity index (χ1n) is 12.4. The average Bonchev–Trinajstić information content (AvgIpc) is 3.38. The van der Waals surface area contributed by atoms with Crippen LogP contribution in [0.4, 0.5) is 24.8 Å². The first-order chi connectivity index (χ1) is 18.4. The number of benzene rings is 1. The molecule has 0 radical (unpaired) electrons. The van der Waals surface area contributed by atoms with E-state index in [4.69, 9.17) is 0 Å². The normalized spacial score (nSPS) is 19.4. The zero-order chi connectivity index (χ0) is 28.2. The van der Waals surface area contributed by atoms with Crippen molar-refractivity contribution in [1.82, 2.24) is 25.6 Å². The van der Waals surface area contributed by atoms with Gasteiger partial charge in [-0.25, -0.2) is 15.0 Å². The molecular weight excluding hydrogens is 533 g/mol. The lowest BCUT2D eigenvalue weighted by atomic mass is 9.78. The van der Waals surface area contributed by atoms with E-state index in [0.29, 0.717) is 49.5 Å². The Morgan fingerprint density at radius 1 is 1.13 bits per heavy atom. The topological polar surface area (TPSA) is 129 Å². The van der Waals surface area contributed by atoms with E-state index in [1.54, 1.807) is 18.3 Å². The Labute approximate surface area is 227 Å². The standard InChI is InChI=1S/C26H29F3N6O3S/c1-15-11-18(13-19(12-15)34-24-32-8-5-21(35-24)26(27,28)29)20-14-33-23(39-20)25(38)6-3-17(4-7-25)22(37)31-10-9-30-16(2)36/h5,8,11-14,17,38H,3-4,6-7,9-10H2,1-2H3,(H,30,36)(H,31,37)(H,32,34,35)/t17-,25+. The van der Waals surface area contributed by atoms with Crippen LogP contribution in [0.5, 0.6) is 0 Å². The number of aryl methyl sites for hydroxylation is 1. The van der Waals surface area contributed by atoms with E-state index < -0.39 is 17.5 Å². The fourth-order valence-corrected chi connectivity index (χ4v) is 5.52. The summed E-state index contributed by atoms with van der Waals surface area (Å²) in [7, 11) is 0. The van der Waals surface area contributed by atoms with Crippen LogP contribution >= 0.6 is 11.3 Å². The summed E-state index contributed by atoms with van der Waals surface area (Å²) >= 11 is 1.34. The molecule has 0 unspecified atom stereocenters. The van der Waals surface area contributed by atoms with Crippen molar-refractivity contribution in [3.05, 3.63) is 52.9 Å². The van der Waals surface area contributed by atoms with Crippen LogP contribution in [0.1, 0.15) is 48.9 Å². The van der Waals surface area contributed by atoms with Gasteiger partial charge in [-0.3, -0.25) is 9.59 Å². The smallest absolute Gasteiger partial charge is 0.383 e. The summed E-state index contributed by atoms with van der Waals surface area (Å²) in [5, 5.41) is 20.2. The molecule has 0 spiro atoms. The number of anilines is 2. The van der Waals surface area contributed by atoms with Crippen LogP contribution in [-0.4, -0.2) is 45.0 Å². The number of nitrogens with one attached hydrogen (secondary N) is 3. The van der Waals surface area contributed by atoms with Crippen LogP contribution in [0.2, 0.25) is 0 Å². The first-order valence-corrected chi connectivity index (χ1v) is 13.2. The van der Waals surface area contributed by atoms with Gasteiger partial charge in [0.05, 0.1) is 4.88 Å². The summed E-state index contributed by atoms with van der Waals surface area (Å²) in [6, 6.07) is 6.26. The number of nitrogens with zero attached hydrogens (tertiary/aromatic N) is 3. The maximum absolute atomic E-state index is 13.0. The number of hydrogen-bond donors (Lipinski definition) is 4. The van der Waals surface area contributed by atoms with E-state index in [-0.39, 0.29) is 23.7 Å². The van der Waals surface area contributed by atoms with Crippen molar-refractivity contribution in [1.29, 1.82) is 0 Å². The molecule has 2 amide bonds. The van der Waals surface area contributed by atoms with E-state index >= 15 is 0 Å². The number of thiazole rings is 1. The van der Waals surface area contributed by atoms with Gasteiger partial charge in [0.25, 0.3) is 0 Å². The van der Waals surface area contributed by atoms with Crippen molar-refractivity contribution in [3.8, 4) is 10.4 Å². The van der Waals surface area contributed by atoms with E-state index in [1.165, 1.54) is 18.3 Å². The molecule has 0 saturated heterocycles. The largest absolute Gasteiger partial charge is 0.433 e. The summed E-state index contributed by atoms with van der Waals surface area (Å²) in [5.41, 5.74) is -0.0229. The van der Waals surface area contributed by atoms with E-state index in [0.717, 1.165) is 28.3 Å². The highest BCUT2D eigenvalue weighted by molar-refractivity contribution is 7.15. The number of amides is 2. The minimum atomic E-state index is -4.58. The fraction of sp³-hybridized carbons (Fsp3) is 0.423. The Bertz CT molecular complexity index is 1340. The third kappa shape index (κ3) is 7.30. The fourth-order valence-electron chi connectivity index (χ4n) is 4.47. The first kappa shape index (κ1) is 28.4. The van der Waals surface area contributed by atoms with Gasteiger partial charge in [0.15, 0.2) is 0 Å². The Balaban J connectivity index is 1.42. The number of aromatic nitrogens is 3. The second-order valence-electron chi connectivity index (χ2n) is 9.59. The zero-order valence-corrected chi connectivity index (χ0v) is 22.2. The number of carbonyl (C=O) groups excluding carboxylic acids is 2. The van der Waals surface area contributed by atoms with Crippen molar-refractivity contribution in [2.75, 3.05) is 18.4 Å². The third-order valence-corrected chi connectivity index (χ3v) is 7.69. The highest BCUT2D eigenvalue weighted by Crippen LogP contribution is 2.43. The van der Waals surface area contributed by atoms with Crippen molar-refractivity contribution < 1.29 is 27.9 Å². The lowest BCUT2D eigenvalue weighted by molar-refractivity contribution is -0.141. The van der Waals surface area contributed by atoms with Gasteiger partial charge in [-0.2, -0.15) is 13.2 Å². The quantitative estimate of drug-likeness (QED) is 0.301. The molecule has 9 nitrogen and oxygen atoms in total. The second kappa shape index (κ2) is 11.7.